The van der Waals surface area contributed by atoms with Crippen LogP contribution < -0.4 is 5.32 Å². The van der Waals surface area contributed by atoms with Crippen molar-refractivity contribution < 1.29 is 4.79 Å². The molecule has 0 fully saturated rings. The number of hydrogen-bond acceptors (Lipinski definition) is 3. The third-order valence-corrected chi connectivity index (χ3v) is 4.74. The van der Waals surface area contributed by atoms with Crippen LogP contribution in [0.15, 0.2) is 36.5 Å². The summed E-state index contributed by atoms with van der Waals surface area (Å²) in [6, 6.07) is 9.24. The number of thioether (sulfide) groups is 1. The molecule has 1 aromatic carbocycles. The molecule has 3 nitrogen and oxygen atoms in total. The highest BCUT2D eigenvalue weighted by atomic mass is 35.5. The van der Waals surface area contributed by atoms with Gasteiger partial charge in [0.05, 0.1) is 10.6 Å². The maximum Gasteiger partial charge on any atom is 0.252 e. The van der Waals surface area contributed by atoms with Gasteiger partial charge in [0.25, 0.3) is 5.91 Å². The van der Waals surface area contributed by atoms with E-state index in [1.54, 1.807) is 11.8 Å². The van der Waals surface area contributed by atoms with Crippen molar-refractivity contribution in [1.29, 1.82) is 0 Å². The van der Waals surface area contributed by atoms with Crippen LogP contribution in [0.1, 0.15) is 15.9 Å². The molecule has 0 aliphatic carbocycles. The van der Waals surface area contributed by atoms with Gasteiger partial charge in [0.2, 0.25) is 0 Å². The standard InChI is InChI=1S/C15H13Cl3N2OS/c16-12-3-1-10(2-4-12)9-22-6-5-19-15(21)11-7-13(17)14(18)20-8-11/h1-4,7-8H,5-6,9H2,(H,19,21). The topological polar surface area (TPSA) is 42.0 Å². The number of hydrogen-bond donors (Lipinski definition) is 1. The molecule has 0 unspecified atom stereocenters. The van der Waals surface area contributed by atoms with Crippen LogP contribution in [0.3, 0.4) is 0 Å². The van der Waals surface area contributed by atoms with Gasteiger partial charge in [-0.2, -0.15) is 11.8 Å². The van der Waals surface area contributed by atoms with Crippen molar-refractivity contribution in [1.82, 2.24) is 10.3 Å². The number of carbonyl (C=O) groups excluding carboxylic acids is 1. The summed E-state index contributed by atoms with van der Waals surface area (Å²) in [7, 11) is 0. The SMILES string of the molecule is O=C(NCCSCc1ccc(Cl)cc1)c1cnc(Cl)c(Cl)c1. The van der Waals surface area contributed by atoms with Gasteiger partial charge in [0, 0.05) is 29.3 Å². The van der Waals surface area contributed by atoms with E-state index < -0.39 is 0 Å². The first-order valence-corrected chi connectivity index (χ1v) is 8.76. The summed E-state index contributed by atoms with van der Waals surface area (Å²) in [4.78, 5) is 15.7. The molecule has 0 spiro atoms. The molecule has 0 aliphatic heterocycles. The molecule has 0 saturated heterocycles. The number of carbonyl (C=O) groups is 1. The van der Waals surface area contributed by atoms with Crippen LogP contribution in [-0.4, -0.2) is 23.2 Å². The monoisotopic (exact) mass is 374 g/mol. The number of nitrogens with one attached hydrogen (secondary N) is 1. The molecule has 2 aromatic rings. The van der Waals surface area contributed by atoms with E-state index in [1.165, 1.54) is 17.8 Å². The summed E-state index contributed by atoms with van der Waals surface area (Å²) in [6.45, 7) is 0.567. The van der Waals surface area contributed by atoms with E-state index in [4.69, 9.17) is 34.8 Å². The maximum absolute atomic E-state index is 11.9. The first kappa shape index (κ1) is 17.4. The van der Waals surface area contributed by atoms with Crippen LogP contribution in [0.25, 0.3) is 0 Å². The summed E-state index contributed by atoms with van der Waals surface area (Å²) in [5.41, 5.74) is 1.60. The van der Waals surface area contributed by atoms with Gasteiger partial charge in [-0.05, 0) is 23.8 Å². The van der Waals surface area contributed by atoms with Gasteiger partial charge in [0.1, 0.15) is 5.15 Å². The van der Waals surface area contributed by atoms with Crippen LogP contribution in [0, 0.1) is 0 Å². The van der Waals surface area contributed by atoms with Gasteiger partial charge < -0.3 is 5.32 Å². The molecule has 1 heterocycles. The maximum atomic E-state index is 11.9. The van der Waals surface area contributed by atoms with Crippen LogP contribution >= 0.6 is 46.6 Å². The molecule has 0 atom stereocenters. The van der Waals surface area contributed by atoms with Gasteiger partial charge >= 0.3 is 0 Å². The molecule has 2 rings (SSSR count). The zero-order chi connectivity index (χ0) is 15.9. The second-order valence-corrected chi connectivity index (χ2v) is 6.74. The largest absolute Gasteiger partial charge is 0.351 e. The molecule has 22 heavy (non-hydrogen) atoms. The van der Waals surface area contributed by atoms with Crippen molar-refractivity contribution in [2.24, 2.45) is 0 Å². The Morgan fingerprint density at radius 2 is 1.91 bits per heavy atom. The van der Waals surface area contributed by atoms with Crippen LogP contribution in [-0.2, 0) is 5.75 Å². The molecule has 0 aliphatic rings. The molecule has 1 aromatic heterocycles. The number of amides is 1. The van der Waals surface area contributed by atoms with Crippen LogP contribution in [0.2, 0.25) is 15.2 Å². The Morgan fingerprint density at radius 3 is 2.59 bits per heavy atom. The molecule has 0 bridgehead atoms. The molecule has 1 amide bonds. The van der Waals surface area contributed by atoms with Crippen molar-refractivity contribution in [2.75, 3.05) is 12.3 Å². The number of aromatic nitrogens is 1. The van der Waals surface area contributed by atoms with E-state index in [9.17, 15) is 4.79 Å². The van der Waals surface area contributed by atoms with Crippen molar-refractivity contribution in [3.8, 4) is 0 Å². The summed E-state index contributed by atoms with van der Waals surface area (Å²) < 4.78 is 0. The number of pyridine rings is 1. The predicted octanol–water partition coefficient (Wildman–Crippen LogP) is 4.71. The molecular weight excluding hydrogens is 363 g/mol. The number of benzene rings is 1. The normalized spacial score (nSPS) is 10.5. The minimum atomic E-state index is -0.210. The molecule has 116 valence electrons. The number of halogens is 3. The summed E-state index contributed by atoms with van der Waals surface area (Å²) >= 11 is 19.1. The second-order valence-electron chi connectivity index (χ2n) is 4.43. The van der Waals surface area contributed by atoms with E-state index in [0.29, 0.717) is 12.1 Å². The van der Waals surface area contributed by atoms with Crippen molar-refractivity contribution in [2.45, 2.75) is 5.75 Å². The van der Waals surface area contributed by atoms with Gasteiger partial charge in [0.15, 0.2) is 0 Å². The van der Waals surface area contributed by atoms with E-state index >= 15 is 0 Å². The fourth-order valence-electron chi connectivity index (χ4n) is 1.65. The van der Waals surface area contributed by atoms with Crippen molar-refractivity contribution in [3.63, 3.8) is 0 Å². The zero-order valence-corrected chi connectivity index (χ0v) is 14.6. The zero-order valence-electron chi connectivity index (χ0n) is 11.5. The fourth-order valence-corrected chi connectivity index (χ4v) is 2.87. The predicted molar refractivity (Wildman–Crippen MR) is 94.2 cm³/mol. The number of nitrogens with zero attached hydrogens (tertiary/aromatic N) is 1. The van der Waals surface area contributed by atoms with Gasteiger partial charge in [-0.25, -0.2) is 4.98 Å². The first-order valence-electron chi connectivity index (χ1n) is 6.47. The van der Waals surface area contributed by atoms with Gasteiger partial charge in [-0.15, -0.1) is 0 Å². The lowest BCUT2D eigenvalue weighted by molar-refractivity contribution is 0.0956. The Bertz CT molecular complexity index is 650. The second kappa shape index (κ2) is 8.63. The van der Waals surface area contributed by atoms with E-state index in [1.807, 2.05) is 24.3 Å². The lowest BCUT2D eigenvalue weighted by Crippen LogP contribution is -2.25. The third kappa shape index (κ3) is 5.36. The summed E-state index contributed by atoms with van der Waals surface area (Å²) in [5.74, 6) is 1.47. The van der Waals surface area contributed by atoms with E-state index in [2.05, 4.69) is 10.3 Å². The fraction of sp³-hybridized carbons (Fsp3) is 0.200. The first-order chi connectivity index (χ1) is 10.6. The third-order valence-electron chi connectivity index (χ3n) is 2.77. The molecule has 0 saturated carbocycles. The molecular formula is C15H13Cl3N2OS. The Hall–Kier alpha value is -0.940. The summed E-state index contributed by atoms with van der Waals surface area (Å²) in [5, 5.41) is 4.01. The Balaban J connectivity index is 1.70. The van der Waals surface area contributed by atoms with Gasteiger partial charge in [-0.1, -0.05) is 46.9 Å². The Kier molecular flexibility index (Phi) is 6.83. The lowest BCUT2D eigenvalue weighted by Gasteiger charge is -2.06. The Labute approximate surface area is 148 Å². The average Bonchev–Trinajstić information content (AvgIpc) is 2.51. The highest BCUT2D eigenvalue weighted by molar-refractivity contribution is 7.98. The minimum absolute atomic E-state index is 0.191. The van der Waals surface area contributed by atoms with Crippen LogP contribution in [0.4, 0.5) is 0 Å². The van der Waals surface area contributed by atoms with Gasteiger partial charge in [-0.3, -0.25) is 4.79 Å². The molecule has 7 heteroatoms. The highest BCUT2D eigenvalue weighted by Gasteiger charge is 2.08. The van der Waals surface area contributed by atoms with E-state index in [-0.39, 0.29) is 16.1 Å². The quantitative estimate of drug-likeness (QED) is 0.587. The highest BCUT2D eigenvalue weighted by Crippen LogP contribution is 2.19. The number of rotatable bonds is 6. The summed E-state index contributed by atoms with van der Waals surface area (Å²) in [6.07, 6.45) is 1.41. The van der Waals surface area contributed by atoms with E-state index in [0.717, 1.165) is 16.5 Å². The molecule has 0 radical (unpaired) electrons. The van der Waals surface area contributed by atoms with Crippen LogP contribution in [0.5, 0.6) is 0 Å². The van der Waals surface area contributed by atoms with Crippen molar-refractivity contribution >= 4 is 52.5 Å². The smallest absolute Gasteiger partial charge is 0.252 e. The lowest BCUT2D eigenvalue weighted by atomic mass is 10.2. The minimum Gasteiger partial charge on any atom is -0.351 e. The van der Waals surface area contributed by atoms with Crippen molar-refractivity contribution in [3.05, 3.63) is 62.9 Å². The average molecular weight is 376 g/mol. The Morgan fingerprint density at radius 1 is 1.18 bits per heavy atom. The molecule has 1 N–H and O–H groups in total.